The molecule has 0 heterocycles. The predicted molar refractivity (Wildman–Crippen MR) is 98.6 cm³/mol. The Morgan fingerprint density at radius 2 is 1.70 bits per heavy atom. The summed E-state index contributed by atoms with van der Waals surface area (Å²) in [6.07, 6.45) is 1.24. The SMILES string of the molecule is O=C(N/N=C\c1ccc(F)c(F)c1)c1ccc(COc2ccccc2)cc1. The van der Waals surface area contributed by atoms with Gasteiger partial charge in [0.1, 0.15) is 12.4 Å². The standard InChI is InChI=1S/C21H16F2N2O2/c22-19-11-8-16(12-20(19)23)13-24-25-21(26)17-9-6-15(7-10-17)14-27-18-4-2-1-3-5-18/h1-13H,14H2,(H,25,26)/b24-13-. The highest BCUT2D eigenvalue weighted by atomic mass is 19.2. The quantitative estimate of drug-likeness (QED) is 0.522. The van der Waals surface area contributed by atoms with E-state index in [9.17, 15) is 13.6 Å². The van der Waals surface area contributed by atoms with Crippen molar-refractivity contribution >= 4 is 12.1 Å². The molecule has 0 spiro atoms. The third-order valence-electron chi connectivity index (χ3n) is 3.69. The molecule has 0 atom stereocenters. The Morgan fingerprint density at radius 3 is 2.41 bits per heavy atom. The Bertz CT molecular complexity index is 942. The number of hydrogen-bond acceptors (Lipinski definition) is 3. The number of hydrogen-bond donors (Lipinski definition) is 1. The number of para-hydroxylation sites is 1. The molecule has 0 aromatic heterocycles. The molecule has 0 unspecified atom stereocenters. The van der Waals surface area contributed by atoms with Crippen molar-refractivity contribution in [1.29, 1.82) is 0 Å². The van der Waals surface area contributed by atoms with Gasteiger partial charge in [-0.3, -0.25) is 4.79 Å². The highest BCUT2D eigenvalue weighted by Crippen LogP contribution is 2.12. The van der Waals surface area contributed by atoms with Gasteiger partial charge in [-0.2, -0.15) is 5.10 Å². The molecule has 0 aliphatic heterocycles. The van der Waals surface area contributed by atoms with Crippen LogP contribution in [0, 0.1) is 11.6 Å². The molecule has 27 heavy (non-hydrogen) atoms. The van der Waals surface area contributed by atoms with E-state index in [1.165, 1.54) is 12.3 Å². The maximum atomic E-state index is 13.1. The minimum atomic E-state index is -0.974. The molecule has 6 heteroatoms. The summed E-state index contributed by atoms with van der Waals surface area (Å²) in [7, 11) is 0. The summed E-state index contributed by atoms with van der Waals surface area (Å²) >= 11 is 0. The van der Waals surface area contributed by atoms with Crippen molar-refractivity contribution in [2.75, 3.05) is 0 Å². The van der Waals surface area contributed by atoms with E-state index in [0.717, 1.165) is 23.4 Å². The first-order valence-corrected chi connectivity index (χ1v) is 8.17. The minimum absolute atomic E-state index is 0.336. The van der Waals surface area contributed by atoms with Gasteiger partial charge >= 0.3 is 0 Å². The number of halogens is 2. The van der Waals surface area contributed by atoms with E-state index >= 15 is 0 Å². The Hall–Kier alpha value is -3.54. The summed E-state index contributed by atoms with van der Waals surface area (Å²) in [6.45, 7) is 0.389. The number of rotatable bonds is 6. The van der Waals surface area contributed by atoms with Crippen LogP contribution >= 0.6 is 0 Å². The minimum Gasteiger partial charge on any atom is -0.489 e. The van der Waals surface area contributed by atoms with Gasteiger partial charge in [0.25, 0.3) is 5.91 Å². The van der Waals surface area contributed by atoms with E-state index < -0.39 is 17.5 Å². The van der Waals surface area contributed by atoms with Crippen LogP contribution in [0.15, 0.2) is 77.9 Å². The first-order chi connectivity index (χ1) is 13.1. The molecule has 3 aromatic rings. The van der Waals surface area contributed by atoms with Gasteiger partial charge in [0.15, 0.2) is 11.6 Å². The first kappa shape index (κ1) is 18.3. The normalized spacial score (nSPS) is 10.7. The van der Waals surface area contributed by atoms with Gasteiger partial charge < -0.3 is 4.74 Å². The Balaban J connectivity index is 1.54. The van der Waals surface area contributed by atoms with Crippen molar-refractivity contribution in [1.82, 2.24) is 5.43 Å². The molecule has 3 aromatic carbocycles. The summed E-state index contributed by atoms with van der Waals surface area (Å²) in [5.41, 5.74) is 4.01. The van der Waals surface area contributed by atoms with Crippen LogP contribution < -0.4 is 10.2 Å². The second-order valence-corrected chi connectivity index (χ2v) is 5.67. The summed E-state index contributed by atoms with van der Waals surface area (Å²) in [5.74, 6) is -1.55. The zero-order valence-electron chi connectivity index (χ0n) is 14.2. The lowest BCUT2D eigenvalue weighted by Crippen LogP contribution is -2.17. The maximum Gasteiger partial charge on any atom is 0.271 e. The van der Waals surface area contributed by atoms with Crippen molar-refractivity contribution in [3.63, 3.8) is 0 Å². The number of benzene rings is 3. The fourth-order valence-electron chi connectivity index (χ4n) is 2.26. The second-order valence-electron chi connectivity index (χ2n) is 5.67. The lowest BCUT2D eigenvalue weighted by Gasteiger charge is -2.06. The van der Waals surface area contributed by atoms with Gasteiger partial charge in [-0.25, -0.2) is 14.2 Å². The second kappa shape index (κ2) is 8.71. The molecule has 0 fully saturated rings. The summed E-state index contributed by atoms with van der Waals surface area (Å²) < 4.78 is 31.6. The van der Waals surface area contributed by atoms with Crippen LogP contribution in [0.5, 0.6) is 5.75 Å². The average Bonchev–Trinajstić information content (AvgIpc) is 2.70. The molecule has 0 aliphatic rings. The molecule has 136 valence electrons. The molecule has 0 bridgehead atoms. The van der Waals surface area contributed by atoms with E-state index in [-0.39, 0.29) is 0 Å². The maximum absolute atomic E-state index is 13.1. The van der Waals surface area contributed by atoms with Crippen LogP contribution in [-0.4, -0.2) is 12.1 Å². The van der Waals surface area contributed by atoms with Gasteiger partial charge in [-0.15, -0.1) is 0 Å². The van der Waals surface area contributed by atoms with Gasteiger partial charge in [0.05, 0.1) is 6.21 Å². The number of carbonyl (C=O) groups excluding carboxylic acids is 1. The van der Waals surface area contributed by atoms with E-state index in [4.69, 9.17) is 4.74 Å². The zero-order valence-corrected chi connectivity index (χ0v) is 14.2. The summed E-state index contributed by atoms with van der Waals surface area (Å²) in [5, 5.41) is 3.75. The Morgan fingerprint density at radius 1 is 0.963 bits per heavy atom. The molecule has 0 radical (unpaired) electrons. The van der Waals surface area contributed by atoms with E-state index in [1.54, 1.807) is 24.3 Å². The summed E-state index contributed by atoms with van der Waals surface area (Å²) in [4.78, 5) is 12.1. The predicted octanol–water partition coefficient (Wildman–Crippen LogP) is 4.31. The fraction of sp³-hybridized carbons (Fsp3) is 0.0476. The number of nitrogens with one attached hydrogen (secondary N) is 1. The van der Waals surface area contributed by atoms with Crippen LogP contribution in [-0.2, 0) is 6.61 Å². The third kappa shape index (κ3) is 5.22. The van der Waals surface area contributed by atoms with Gasteiger partial charge in [-0.05, 0) is 47.5 Å². The number of amides is 1. The average molecular weight is 366 g/mol. The van der Waals surface area contributed by atoms with Crippen LogP contribution in [0.2, 0.25) is 0 Å². The zero-order chi connectivity index (χ0) is 19.1. The highest BCUT2D eigenvalue weighted by molar-refractivity contribution is 5.94. The largest absolute Gasteiger partial charge is 0.489 e. The summed E-state index contributed by atoms with van der Waals surface area (Å²) in [6, 6.07) is 19.7. The first-order valence-electron chi connectivity index (χ1n) is 8.17. The van der Waals surface area contributed by atoms with Crippen molar-refractivity contribution in [2.24, 2.45) is 5.10 Å². The molecule has 0 saturated carbocycles. The number of carbonyl (C=O) groups is 1. The van der Waals surface area contributed by atoms with Crippen LogP contribution in [0.1, 0.15) is 21.5 Å². The van der Waals surface area contributed by atoms with E-state index in [0.29, 0.717) is 17.7 Å². The molecule has 3 rings (SSSR count). The molecule has 1 amide bonds. The topological polar surface area (TPSA) is 50.7 Å². The van der Waals surface area contributed by atoms with Crippen molar-refractivity contribution < 1.29 is 18.3 Å². The van der Waals surface area contributed by atoms with Crippen LogP contribution in [0.25, 0.3) is 0 Å². The van der Waals surface area contributed by atoms with Crippen molar-refractivity contribution in [2.45, 2.75) is 6.61 Å². The smallest absolute Gasteiger partial charge is 0.271 e. The molecule has 4 nitrogen and oxygen atoms in total. The Labute approximate surface area is 155 Å². The van der Waals surface area contributed by atoms with Crippen LogP contribution in [0.4, 0.5) is 8.78 Å². The number of nitrogens with zero attached hydrogens (tertiary/aromatic N) is 1. The third-order valence-corrected chi connectivity index (χ3v) is 3.69. The molecule has 0 aliphatic carbocycles. The molecular formula is C21H16F2N2O2. The van der Waals surface area contributed by atoms with E-state index in [2.05, 4.69) is 10.5 Å². The van der Waals surface area contributed by atoms with Gasteiger partial charge in [0.2, 0.25) is 0 Å². The number of hydrazone groups is 1. The lowest BCUT2D eigenvalue weighted by atomic mass is 10.1. The monoisotopic (exact) mass is 366 g/mol. The van der Waals surface area contributed by atoms with Gasteiger partial charge in [-0.1, -0.05) is 36.4 Å². The van der Waals surface area contributed by atoms with Gasteiger partial charge in [0, 0.05) is 5.56 Å². The lowest BCUT2D eigenvalue weighted by molar-refractivity contribution is 0.0955. The Kier molecular flexibility index (Phi) is 5.89. The van der Waals surface area contributed by atoms with Crippen LogP contribution in [0.3, 0.4) is 0 Å². The molecular weight excluding hydrogens is 350 g/mol. The van der Waals surface area contributed by atoms with Crippen molar-refractivity contribution in [3.05, 3.63) is 101 Å². The molecule has 1 N–H and O–H groups in total. The fourth-order valence-corrected chi connectivity index (χ4v) is 2.26. The number of ether oxygens (including phenoxy) is 1. The molecule has 0 saturated heterocycles. The van der Waals surface area contributed by atoms with Crippen molar-refractivity contribution in [3.8, 4) is 5.75 Å². The highest BCUT2D eigenvalue weighted by Gasteiger charge is 2.05. The van der Waals surface area contributed by atoms with E-state index in [1.807, 2.05) is 30.3 Å².